The van der Waals surface area contributed by atoms with Crippen molar-refractivity contribution in [1.82, 2.24) is 5.43 Å². The van der Waals surface area contributed by atoms with Gasteiger partial charge in [-0.25, -0.2) is 0 Å². The van der Waals surface area contributed by atoms with Gasteiger partial charge in [-0.2, -0.15) is 0 Å². The quantitative estimate of drug-likeness (QED) is 0.596. The van der Waals surface area contributed by atoms with Gasteiger partial charge in [0.15, 0.2) is 0 Å². The zero-order chi connectivity index (χ0) is 14.4. The van der Waals surface area contributed by atoms with E-state index < -0.39 is 0 Å². The molecule has 112 valence electrons. The molecule has 1 saturated carbocycles. The van der Waals surface area contributed by atoms with Crippen molar-refractivity contribution in [2.24, 2.45) is 11.8 Å². The molecule has 0 aliphatic heterocycles. The van der Waals surface area contributed by atoms with Crippen LogP contribution in [0.2, 0.25) is 5.02 Å². The fraction of sp³-hybridized carbons (Fsp3) is 0.625. The summed E-state index contributed by atoms with van der Waals surface area (Å²) < 4.78 is 1.02. The summed E-state index contributed by atoms with van der Waals surface area (Å²) in [6.45, 7) is 0. The van der Waals surface area contributed by atoms with Crippen LogP contribution in [-0.2, 0) is 6.42 Å². The van der Waals surface area contributed by atoms with Crippen LogP contribution in [0.15, 0.2) is 22.7 Å². The van der Waals surface area contributed by atoms with Gasteiger partial charge in [-0.3, -0.25) is 11.3 Å². The van der Waals surface area contributed by atoms with Crippen molar-refractivity contribution in [2.75, 3.05) is 0 Å². The minimum atomic E-state index is 0.326. The predicted octanol–water partition coefficient (Wildman–Crippen LogP) is 4.84. The van der Waals surface area contributed by atoms with E-state index in [4.69, 9.17) is 17.4 Å². The molecule has 2 nitrogen and oxygen atoms in total. The monoisotopic (exact) mass is 358 g/mol. The smallest absolute Gasteiger partial charge is 0.0449 e. The molecule has 1 aliphatic rings. The minimum Gasteiger partial charge on any atom is -0.271 e. The van der Waals surface area contributed by atoms with Gasteiger partial charge in [-0.15, -0.1) is 0 Å². The zero-order valence-electron chi connectivity index (χ0n) is 11.9. The minimum absolute atomic E-state index is 0.326. The standard InChI is InChI=1S/C16H24BrClN2/c17-14-9-8-13(15(18)11-14)10-16(20-19)12-6-4-2-1-3-5-7-12/h8-9,11-12,16,20H,1-7,10,19H2. The molecule has 1 aliphatic carbocycles. The lowest BCUT2D eigenvalue weighted by Crippen LogP contribution is -2.42. The number of hydrogen-bond donors (Lipinski definition) is 2. The summed E-state index contributed by atoms with van der Waals surface area (Å²) in [6, 6.07) is 6.43. The summed E-state index contributed by atoms with van der Waals surface area (Å²) in [7, 11) is 0. The summed E-state index contributed by atoms with van der Waals surface area (Å²) >= 11 is 9.78. The Bertz CT molecular complexity index is 417. The highest BCUT2D eigenvalue weighted by Crippen LogP contribution is 2.28. The first-order valence-corrected chi connectivity index (χ1v) is 8.78. The molecule has 1 atom stereocenters. The third-order valence-corrected chi connectivity index (χ3v) is 5.23. The third kappa shape index (κ3) is 4.73. The van der Waals surface area contributed by atoms with Crippen molar-refractivity contribution in [3.63, 3.8) is 0 Å². The first-order chi connectivity index (χ1) is 9.70. The second-order valence-corrected chi connectivity index (χ2v) is 7.14. The number of hydrazine groups is 1. The Kier molecular flexibility index (Phi) is 6.82. The van der Waals surface area contributed by atoms with Gasteiger partial charge < -0.3 is 0 Å². The van der Waals surface area contributed by atoms with Gasteiger partial charge in [0.25, 0.3) is 0 Å². The molecule has 0 bridgehead atoms. The molecule has 20 heavy (non-hydrogen) atoms. The van der Waals surface area contributed by atoms with Crippen LogP contribution in [0, 0.1) is 5.92 Å². The van der Waals surface area contributed by atoms with Gasteiger partial charge in [-0.1, -0.05) is 65.7 Å². The highest BCUT2D eigenvalue weighted by molar-refractivity contribution is 9.10. The van der Waals surface area contributed by atoms with E-state index in [2.05, 4.69) is 27.4 Å². The van der Waals surface area contributed by atoms with Crippen LogP contribution in [0.4, 0.5) is 0 Å². The maximum absolute atomic E-state index is 6.33. The van der Waals surface area contributed by atoms with Gasteiger partial charge in [0, 0.05) is 15.5 Å². The van der Waals surface area contributed by atoms with E-state index in [1.165, 1.54) is 50.5 Å². The molecule has 0 amide bonds. The molecule has 0 saturated heterocycles. The number of benzene rings is 1. The third-order valence-electron chi connectivity index (χ3n) is 4.39. The summed E-state index contributed by atoms with van der Waals surface area (Å²) in [5.41, 5.74) is 4.22. The Hall–Kier alpha value is -0.0900. The summed E-state index contributed by atoms with van der Waals surface area (Å²) in [6.07, 6.45) is 10.3. The number of nitrogens with one attached hydrogen (secondary N) is 1. The Morgan fingerprint density at radius 2 is 1.85 bits per heavy atom. The molecule has 1 aromatic rings. The molecule has 0 aromatic heterocycles. The van der Waals surface area contributed by atoms with Crippen molar-refractivity contribution in [2.45, 2.75) is 57.4 Å². The molecule has 2 rings (SSSR count). The van der Waals surface area contributed by atoms with Crippen LogP contribution < -0.4 is 11.3 Å². The van der Waals surface area contributed by atoms with Gasteiger partial charge in [-0.05, 0) is 42.9 Å². The predicted molar refractivity (Wildman–Crippen MR) is 89.8 cm³/mol. The number of hydrogen-bond acceptors (Lipinski definition) is 2. The second-order valence-electron chi connectivity index (χ2n) is 5.82. The van der Waals surface area contributed by atoms with Crippen molar-refractivity contribution < 1.29 is 0 Å². The second kappa shape index (κ2) is 8.38. The van der Waals surface area contributed by atoms with Crippen LogP contribution in [0.5, 0.6) is 0 Å². The molecule has 4 heteroatoms. The Morgan fingerprint density at radius 3 is 2.45 bits per heavy atom. The maximum Gasteiger partial charge on any atom is 0.0449 e. The Balaban J connectivity index is 2.03. The molecule has 0 radical (unpaired) electrons. The number of nitrogens with two attached hydrogens (primary N) is 1. The number of rotatable bonds is 4. The first-order valence-electron chi connectivity index (χ1n) is 7.60. The molecule has 0 heterocycles. The fourth-order valence-electron chi connectivity index (χ4n) is 3.18. The van der Waals surface area contributed by atoms with E-state index in [0.29, 0.717) is 12.0 Å². The van der Waals surface area contributed by atoms with E-state index >= 15 is 0 Å². The molecule has 0 spiro atoms. The molecular formula is C16H24BrClN2. The topological polar surface area (TPSA) is 38.0 Å². The molecule has 3 N–H and O–H groups in total. The van der Waals surface area contributed by atoms with Gasteiger partial charge in [0.05, 0.1) is 0 Å². The van der Waals surface area contributed by atoms with Crippen LogP contribution in [0.1, 0.15) is 50.5 Å². The van der Waals surface area contributed by atoms with E-state index in [1.54, 1.807) is 0 Å². The lowest BCUT2D eigenvalue weighted by Gasteiger charge is -2.28. The largest absolute Gasteiger partial charge is 0.271 e. The molecule has 1 fully saturated rings. The highest BCUT2D eigenvalue weighted by atomic mass is 79.9. The fourth-order valence-corrected chi connectivity index (χ4v) is 3.93. The van der Waals surface area contributed by atoms with Crippen LogP contribution in [0.3, 0.4) is 0 Å². The molecular weight excluding hydrogens is 336 g/mol. The van der Waals surface area contributed by atoms with E-state index in [-0.39, 0.29) is 0 Å². The van der Waals surface area contributed by atoms with Crippen LogP contribution in [-0.4, -0.2) is 6.04 Å². The van der Waals surface area contributed by atoms with E-state index in [0.717, 1.165) is 15.9 Å². The molecule has 1 unspecified atom stereocenters. The Labute approximate surface area is 135 Å². The Morgan fingerprint density at radius 1 is 1.20 bits per heavy atom. The average molecular weight is 360 g/mol. The van der Waals surface area contributed by atoms with Gasteiger partial charge >= 0.3 is 0 Å². The summed E-state index contributed by atoms with van der Waals surface area (Å²) in [5.74, 6) is 6.49. The lowest BCUT2D eigenvalue weighted by atomic mass is 9.83. The van der Waals surface area contributed by atoms with E-state index in [9.17, 15) is 0 Å². The number of halogens is 2. The lowest BCUT2D eigenvalue weighted by molar-refractivity contribution is 0.285. The van der Waals surface area contributed by atoms with Crippen molar-refractivity contribution in [3.8, 4) is 0 Å². The average Bonchev–Trinajstić information content (AvgIpc) is 2.39. The van der Waals surface area contributed by atoms with Gasteiger partial charge in [0.1, 0.15) is 0 Å². The van der Waals surface area contributed by atoms with E-state index in [1.807, 2.05) is 12.1 Å². The van der Waals surface area contributed by atoms with Crippen LogP contribution >= 0.6 is 27.5 Å². The normalized spacial score (nSPS) is 19.4. The van der Waals surface area contributed by atoms with Crippen molar-refractivity contribution >= 4 is 27.5 Å². The maximum atomic E-state index is 6.33. The SMILES string of the molecule is NNC(Cc1ccc(Br)cc1Cl)C1CCCCCCC1. The summed E-state index contributed by atoms with van der Waals surface area (Å²) in [4.78, 5) is 0. The van der Waals surface area contributed by atoms with Crippen molar-refractivity contribution in [1.29, 1.82) is 0 Å². The van der Waals surface area contributed by atoms with Crippen molar-refractivity contribution in [3.05, 3.63) is 33.3 Å². The first kappa shape index (κ1) is 16.3. The van der Waals surface area contributed by atoms with Gasteiger partial charge in [0.2, 0.25) is 0 Å². The van der Waals surface area contributed by atoms with Crippen LogP contribution in [0.25, 0.3) is 0 Å². The highest BCUT2D eigenvalue weighted by Gasteiger charge is 2.22. The molecule has 1 aromatic carbocycles. The summed E-state index contributed by atoms with van der Waals surface area (Å²) in [5, 5.41) is 0.825. The zero-order valence-corrected chi connectivity index (χ0v) is 14.2.